The highest BCUT2D eigenvalue weighted by molar-refractivity contribution is 5.81. The van der Waals surface area contributed by atoms with E-state index in [0.29, 0.717) is 18.2 Å². The quantitative estimate of drug-likeness (QED) is 0.666. The second-order valence-electron chi connectivity index (χ2n) is 6.59. The Morgan fingerprint density at radius 2 is 1.81 bits per heavy atom. The Morgan fingerprint density at radius 1 is 1.11 bits per heavy atom. The van der Waals surface area contributed by atoms with Crippen LogP contribution < -0.4 is 10.6 Å². The summed E-state index contributed by atoms with van der Waals surface area (Å²) >= 11 is 0. The first kappa shape index (κ1) is 20.3. The van der Waals surface area contributed by atoms with E-state index >= 15 is 0 Å². The number of nitrogens with zero attached hydrogens (tertiary/aromatic N) is 1. The molecule has 0 spiro atoms. The maximum Gasteiger partial charge on any atom is 0.333 e. The zero-order valence-corrected chi connectivity index (χ0v) is 16.4. The third-order valence-corrected chi connectivity index (χ3v) is 4.14. The summed E-state index contributed by atoms with van der Waals surface area (Å²) in [5, 5.41) is 15.6. The number of hydrogen-bond acceptors (Lipinski definition) is 5. The molecular weight excluding hydrogens is 338 g/mol. The van der Waals surface area contributed by atoms with Crippen LogP contribution in [0.2, 0.25) is 0 Å². The molecule has 0 amide bonds. The van der Waals surface area contributed by atoms with Crippen molar-refractivity contribution in [2.45, 2.75) is 46.2 Å². The molecule has 0 aliphatic rings. The minimum Gasteiger partial charge on any atom is -0.464 e. The highest BCUT2D eigenvalue weighted by Crippen LogP contribution is 2.26. The van der Waals surface area contributed by atoms with E-state index in [1.165, 1.54) is 0 Å². The van der Waals surface area contributed by atoms with E-state index < -0.39 is 6.04 Å². The molecule has 0 saturated heterocycles. The van der Waals surface area contributed by atoms with Gasteiger partial charge in [-0.1, -0.05) is 19.1 Å². The molecule has 27 heavy (non-hydrogen) atoms. The van der Waals surface area contributed by atoms with Gasteiger partial charge in [0, 0.05) is 17.4 Å². The largest absolute Gasteiger partial charge is 0.464 e. The highest BCUT2D eigenvalue weighted by atomic mass is 16.5. The molecule has 1 unspecified atom stereocenters. The fraction of sp³-hybridized carbons (Fsp3) is 0.364. The van der Waals surface area contributed by atoms with Crippen molar-refractivity contribution < 1.29 is 9.53 Å². The van der Waals surface area contributed by atoms with E-state index in [0.717, 1.165) is 28.9 Å². The maximum atomic E-state index is 12.6. The first-order valence-electron chi connectivity index (χ1n) is 9.31. The molecule has 5 heteroatoms. The summed E-state index contributed by atoms with van der Waals surface area (Å²) in [6, 6.07) is 14.8. The number of carbonyl (C=O) groups is 1. The van der Waals surface area contributed by atoms with Crippen molar-refractivity contribution in [1.29, 1.82) is 5.26 Å². The van der Waals surface area contributed by atoms with E-state index in [4.69, 9.17) is 10.00 Å². The van der Waals surface area contributed by atoms with Crippen LogP contribution in [0.15, 0.2) is 42.5 Å². The highest BCUT2D eigenvalue weighted by Gasteiger charge is 2.23. The zero-order chi connectivity index (χ0) is 19.8. The number of benzene rings is 2. The van der Waals surface area contributed by atoms with Gasteiger partial charge in [0.05, 0.1) is 18.2 Å². The minimum atomic E-state index is -0.615. The second kappa shape index (κ2) is 9.63. The van der Waals surface area contributed by atoms with Gasteiger partial charge in [-0.3, -0.25) is 0 Å². The van der Waals surface area contributed by atoms with Gasteiger partial charge in [0.2, 0.25) is 0 Å². The molecule has 2 rings (SSSR count). The second-order valence-corrected chi connectivity index (χ2v) is 6.59. The number of nitrogens with one attached hydrogen (secondary N) is 2. The summed E-state index contributed by atoms with van der Waals surface area (Å²) in [5.41, 5.74) is 4.42. The van der Waals surface area contributed by atoms with Crippen molar-refractivity contribution in [3.05, 3.63) is 59.2 Å². The van der Waals surface area contributed by atoms with Crippen LogP contribution in [-0.2, 0) is 16.0 Å². The monoisotopic (exact) mass is 365 g/mol. The molecule has 2 aromatic rings. The van der Waals surface area contributed by atoms with Crippen LogP contribution in [0.5, 0.6) is 0 Å². The van der Waals surface area contributed by atoms with E-state index in [2.05, 4.69) is 37.5 Å². The summed E-state index contributed by atoms with van der Waals surface area (Å²) in [6.07, 6.45) is 0.856. The summed E-state index contributed by atoms with van der Waals surface area (Å²) in [6.45, 7) is 8.41. The molecule has 0 heterocycles. The molecule has 0 aliphatic heterocycles. The molecule has 1 atom stereocenters. The van der Waals surface area contributed by atoms with Crippen molar-refractivity contribution in [3.8, 4) is 6.07 Å². The van der Waals surface area contributed by atoms with Crippen LogP contribution in [0.4, 0.5) is 11.4 Å². The third-order valence-electron chi connectivity index (χ3n) is 4.14. The fourth-order valence-electron chi connectivity index (χ4n) is 2.85. The average molecular weight is 365 g/mol. The van der Waals surface area contributed by atoms with E-state index in [1.54, 1.807) is 31.2 Å². The van der Waals surface area contributed by atoms with E-state index in [1.807, 2.05) is 18.2 Å². The molecule has 0 aromatic heterocycles. The number of nitriles is 1. The lowest BCUT2D eigenvalue weighted by atomic mass is 10.00. The SMILES string of the molecule is CCOC(=O)C(Nc1ccc(C#N)cc1)c1ccc(NC(C)C)c(CC)c1. The Kier molecular flexibility index (Phi) is 7.25. The number of rotatable bonds is 8. The van der Waals surface area contributed by atoms with E-state index in [-0.39, 0.29) is 5.97 Å². The summed E-state index contributed by atoms with van der Waals surface area (Å²) in [5.74, 6) is -0.325. The predicted octanol–water partition coefficient (Wildman–Crippen LogP) is 4.66. The standard InChI is InChI=1S/C22H27N3O2/c1-5-17-13-18(9-12-20(17)24-15(3)4)21(22(26)27-6-2)25-19-10-7-16(14-23)8-11-19/h7-13,15,21,24-25H,5-6H2,1-4H3. The number of hydrogen-bond donors (Lipinski definition) is 2. The number of aryl methyl sites for hydroxylation is 1. The lowest BCUT2D eigenvalue weighted by Gasteiger charge is -2.21. The van der Waals surface area contributed by atoms with Crippen LogP contribution in [0.25, 0.3) is 0 Å². The Balaban J connectivity index is 2.35. The minimum absolute atomic E-state index is 0.317. The molecule has 0 saturated carbocycles. The smallest absolute Gasteiger partial charge is 0.333 e. The lowest BCUT2D eigenvalue weighted by molar-refractivity contribution is -0.144. The summed E-state index contributed by atoms with van der Waals surface area (Å²) in [7, 11) is 0. The van der Waals surface area contributed by atoms with Crippen LogP contribution in [-0.4, -0.2) is 18.6 Å². The number of esters is 1. The van der Waals surface area contributed by atoms with Crippen LogP contribution in [0.1, 0.15) is 50.4 Å². The molecule has 2 aromatic carbocycles. The van der Waals surface area contributed by atoms with Gasteiger partial charge >= 0.3 is 5.97 Å². The van der Waals surface area contributed by atoms with Crippen LogP contribution in [0.3, 0.4) is 0 Å². The van der Waals surface area contributed by atoms with Crippen molar-refractivity contribution >= 4 is 17.3 Å². The molecule has 0 bridgehead atoms. The Morgan fingerprint density at radius 3 is 2.37 bits per heavy atom. The van der Waals surface area contributed by atoms with Gasteiger partial charge in [0.15, 0.2) is 6.04 Å². The normalized spacial score (nSPS) is 11.6. The van der Waals surface area contributed by atoms with Gasteiger partial charge in [-0.25, -0.2) is 4.79 Å². The topological polar surface area (TPSA) is 74.1 Å². The Hall–Kier alpha value is -3.00. The predicted molar refractivity (Wildman–Crippen MR) is 109 cm³/mol. The number of ether oxygens (including phenoxy) is 1. The fourth-order valence-corrected chi connectivity index (χ4v) is 2.85. The zero-order valence-electron chi connectivity index (χ0n) is 16.4. The van der Waals surface area contributed by atoms with Crippen molar-refractivity contribution in [2.24, 2.45) is 0 Å². The maximum absolute atomic E-state index is 12.6. The molecule has 0 radical (unpaired) electrons. The first-order chi connectivity index (χ1) is 13.0. The van der Waals surface area contributed by atoms with Gasteiger partial charge in [-0.05, 0) is 68.7 Å². The molecule has 0 fully saturated rings. The Labute approximate surface area is 161 Å². The van der Waals surface area contributed by atoms with Gasteiger partial charge < -0.3 is 15.4 Å². The third kappa shape index (κ3) is 5.49. The Bertz CT molecular complexity index is 807. The average Bonchev–Trinajstić information content (AvgIpc) is 2.66. The molecule has 0 aliphatic carbocycles. The van der Waals surface area contributed by atoms with Gasteiger partial charge in [0.1, 0.15) is 0 Å². The molecule has 5 nitrogen and oxygen atoms in total. The van der Waals surface area contributed by atoms with Crippen molar-refractivity contribution in [1.82, 2.24) is 0 Å². The molecule has 2 N–H and O–H groups in total. The number of carbonyl (C=O) groups excluding carboxylic acids is 1. The summed E-state index contributed by atoms with van der Waals surface area (Å²) < 4.78 is 5.27. The van der Waals surface area contributed by atoms with Gasteiger partial charge in [-0.15, -0.1) is 0 Å². The first-order valence-corrected chi connectivity index (χ1v) is 9.31. The molecule has 142 valence electrons. The van der Waals surface area contributed by atoms with Crippen LogP contribution >= 0.6 is 0 Å². The number of anilines is 2. The summed E-state index contributed by atoms with van der Waals surface area (Å²) in [4.78, 5) is 12.6. The van der Waals surface area contributed by atoms with Crippen molar-refractivity contribution in [2.75, 3.05) is 17.2 Å². The van der Waals surface area contributed by atoms with E-state index in [9.17, 15) is 4.79 Å². The van der Waals surface area contributed by atoms with Crippen LogP contribution in [0, 0.1) is 11.3 Å². The van der Waals surface area contributed by atoms with Crippen molar-refractivity contribution in [3.63, 3.8) is 0 Å². The molecular formula is C22H27N3O2. The lowest BCUT2D eigenvalue weighted by Crippen LogP contribution is -2.24. The van der Waals surface area contributed by atoms with Gasteiger partial charge in [0.25, 0.3) is 0 Å². The van der Waals surface area contributed by atoms with Gasteiger partial charge in [-0.2, -0.15) is 5.26 Å².